The van der Waals surface area contributed by atoms with E-state index < -0.39 is 0 Å². The van der Waals surface area contributed by atoms with Crippen LogP contribution in [0.25, 0.3) is 0 Å². The molecule has 0 saturated heterocycles. The highest BCUT2D eigenvalue weighted by molar-refractivity contribution is 6.17. The summed E-state index contributed by atoms with van der Waals surface area (Å²) in [4.78, 5) is 4.16. The molecule has 0 aliphatic heterocycles. The number of aromatic nitrogens is 1. The van der Waals surface area contributed by atoms with E-state index in [1.165, 1.54) is 0 Å². The van der Waals surface area contributed by atoms with Gasteiger partial charge in [0.25, 0.3) is 0 Å². The van der Waals surface area contributed by atoms with E-state index in [0.29, 0.717) is 5.88 Å². The molecule has 0 amide bonds. The first kappa shape index (κ1) is 12.3. The molecular weight excluding hydrogens is 214 g/mol. The number of halogens is 1. The van der Waals surface area contributed by atoms with Gasteiger partial charge in [0.05, 0.1) is 11.6 Å². The summed E-state index contributed by atoms with van der Waals surface area (Å²) in [6.45, 7) is 3.95. The lowest BCUT2D eigenvalue weighted by molar-refractivity contribution is -0.0552. The van der Waals surface area contributed by atoms with Crippen molar-refractivity contribution in [2.24, 2.45) is 0 Å². The quantitative estimate of drug-likeness (QED) is 0.575. The Kier molecular flexibility index (Phi) is 4.85. The van der Waals surface area contributed by atoms with Crippen molar-refractivity contribution in [3.8, 4) is 5.75 Å². The lowest BCUT2D eigenvalue weighted by Crippen LogP contribution is -2.18. The minimum Gasteiger partial charge on any atom is -0.465 e. The Labute approximate surface area is 95.4 Å². The first-order chi connectivity index (χ1) is 7.22. The number of hydrogen-bond acceptors (Lipinski definition) is 3. The fourth-order valence-corrected chi connectivity index (χ4v) is 1.53. The van der Waals surface area contributed by atoms with E-state index >= 15 is 0 Å². The van der Waals surface area contributed by atoms with Crippen LogP contribution in [0.1, 0.15) is 24.6 Å². The molecule has 0 spiro atoms. The van der Waals surface area contributed by atoms with Gasteiger partial charge in [0.2, 0.25) is 0 Å². The molecule has 15 heavy (non-hydrogen) atoms. The van der Waals surface area contributed by atoms with Crippen LogP contribution in [0, 0.1) is 6.92 Å². The zero-order valence-corrected chi connectivity index (χ0v) is 10.0. The molecule has 3 nitrogen and oxygen atoms in total. The molecule has 0 aliphatic rings. The Morgan fingerprint density at radius 2 is 2.27 bits per heavy atom. The predicted octanol–water partition coefficient (Wildman–Crippen LogP) is 2.89. The summed E-state index contributed by atoms with van der Waals surface area (Å²) in [7, 11) is 1.63. The Morgan fingerprint density at radius 1 is 1.53 bits per heavy atom. The minimum atomic E-state index is -0.214. The van der Waals surface area contributed by atoms with Gasteiger partial charge < -0.3 is 9.47 Å². The second-order valence-electron chi connectivity index (χ2n) is 3.21. The molecule has 1 heterocycles. The van der Waals surface area contributed by atoms with Crippen LogP contribution in [0.15, 0.2) is 12.3 Å². The first-order valence-electron chi connectivity index (χ1n) is 4.92. The molecule has 0 radical (unpaired) electrons. The molecule has 1 aromatic heterocycles. The smallest absolute Gasteiger partial charge is 0.199 e. The van der Waals surface area contributed by atoms with Crippen LogP contribution in [0.2, 0.25) is 0 Å². The van der Waals surface area contributed by atoms with E-state index in [0.717, 1.165) is 23.4 Å². The van der Waals surface area contributed by atoms with Crippen LogP contribution in [0.4, 0.5) is 0 Å². The average molecular weight is 230 g/mol. The number of rotatable bonds is 5. The lowest BCUT2D eigenvalue weighted by atomic mass is 10.2. The zero-order chi connectivity index (χ0) is 11.3. The largest absolute Gasteiger partial charge is 0.465 e. The molecule has 84 valence electrons. The maximum Gasteiger partial charge on any atom is 0.199 e. The average Bonchev–Trinajstić information content (AvgIpc) is 2.28. The first-order valence-corrected chi connectivity index (χ1v) is 5.46. The number of nitrogens with zero attached hydrogens (tertiary/aromatic N) is 1. The monoisotopic (exact) mass is 229 g/mol. The molecule has 0 aromatic carbocycles. The van der Waals surface area contributed by atoms with Crippen molar-refractivity contribution in [2.75, 3.05) is 7.11 Å². The molecule has 4 heteroatoms. The molecule has 0 fully saturated rings. The van der Waals surface area contributed by atoms with Gasteiger partial charge in [0.15, 0.2) is 6.29 Å². The highest BCUT2D eigenvalue weighted by Gasteiger charge is 2.10. The van der Waals surface area contributed by atoms with Crippen molar-refractivity contribution in [3.63, 3.8) is 0 Å². The van der Waals surface area contributed by atoms with Crippen molar-refractivity contribution in [3.05, 3.63) is 23.5 Å². The van der Waals surface area contributed by atoms with E-state index in [1.54, 1.807) is 13.3 Å². The van der Waals surface area contributed by atoms with E-state index in [1.807, 2.05) is 19.9 Å². The molecule has 1 atom stereocenters. The van der Waals surface area contributed by atoms with E-state index in [9.17, 15) is 0 Å². The normalized spacial score (nSPS) is 12.5. The zero-order valence-electron chi connectivity index (χ0n) is 9.29. The van der Waals surface area contributed by atoms with Gasteiger partial charge in [-0.3, -0.25) is 4.98 Å². The van der Waals surface area contributed by atoms with Gasteiger partial charge in [0, 0.05) is 25.3 Å². The van der Waals surface area contributed by atoms with Gasteiger partial charge in [-0.25, -0.2) is 0 Å². The third-order valence-corrected chi connectivity index (χ3v) is 2.49. The number of methoxy groups -OCH3 is 1. The lowest BCUT2D eigenvalue weighted by Gasteiger charge is -2.17. The van der Waals surface area contributed by atoms with Crippen LogP contribution in [0.3, 0.4) is 0 Å². The van der Waals surface area contributed by atoms with E-state index in [4.69, 9.17) is 21.1 Å². The van der Waals surface area contributed by atoms with E-state index in [2.05, 4.69) is 4.98 Å². The van der Waals surface area contributed by atoms with Crippen LogP contribution in [-0.2, 0) is 10.6 Å². The topological polar surface area (TPSA) is 31.4 Å². The summed E-state index contributed by atoms with van der Waals surface area (Å²) in [5, 5.41) is 0. The highest BCUT2D eigenvalue weighted by Crippen LogP contribution is 2.22. The van der Waals surface area contributed by atoms with Crippen LogP contribution in [-0.4, -0.2) is 18.4 Å². The van der Waals surface area contributed by atoms with Crippen molar-refractivity contribution in [1.29, 1.82) is 0 Å². The maximum atomic E-state index is 5.76. The minimum absolute atomic E-state index is 0.214. The summed E-state index contributed by atoms with van der Waals surface area (Å²) in [6, 6.07) is 1.83. The van der Waals surface area contributed by atoms with E-state index in [-0.39, 0.29) is 6.29 Å². The van der Waals surface area contributed by atoms with Crippen molar-refractivity contribution < 1.29 is 9.47 Å². The third-order valence-electron chi connectivity index (χ3n) is 2.24. The van der Waals surface area contributed by atoms with Gasteiger partial charge in [0.1, 0.15) is 5.75 Å². The summed E-state index contributed by atoms with van der Waals surface area (Å²) in [5.41, 5.74) is 1.82. The SMILES string of the molecule is CC[C@@H](OC)Oc1ccnc(CCl)c1C. The van der Waals surface area contributed by atoms with Gasteiger partial charge >= 0.3 is 0 Å². The molecule has 0 saturated carbocycles. The van der Waals surface area contributed by atoms with Crippen molar-refractivity contribution in [1.82, 2.24) is 4.98 Å². The number of hydrogen-bond donors (Lipinski definition) is 0. The molecule has 0 bridgehead atoms. The maximum absolute atomic E-state index is 5.76. The summed E-state index contributed by atoms with van der Waals surface area (Å²) in [6.07, 6.45) is 2.28. The van der Waals surface area contributed by atoms with Gasteiger partial charge in [-0.05, 0) is 13.0 Å². The summed E-state index contributed by atoms with van der Waals surface area (Å²) < 4.78 is 10.8. The third kappa shape index (κ3) is 3.08. The van der Waals surface area contributed by atoms with Gasteiger partial charge in [-0.1, -0.05) is 6.92 Å². The number of alkyl halides is 1. The Morgan fingerprint density at radius 3 is 2.80 bits per heavy atom. The number of ether oxygens (including phenoxy) is 2. The van der Waals surface area contributed by atoms with Gasteiger partial charge in [-0.15, -0.1) is 11.6 Å². The second-order valence-corrected chi connectivity index (χ2v) is 3.47. The molecule has 0 aliphatic carbocycles. The summed E-state index contributed by atoms with van der Waals surface area (Å²) in [5.74, 6) is 1.18. The molecular formula is C11H16ClNO2. The second kappa shape index (κ2) is 5.93. The standard InChI is InChI=1S/C11H16ClNO2/c1-4-11(14-3)15-10-5-6-13-9(7-12)8(10)2/h5-6,11H,4,7H2,1-3H3/t11-/m0/s1. The Balaban J connectivity index is 2.85. The Bertz CT molecular complexity index is 313. The Hall–Kier alpha value is -0.800. The van der Waals surface area contributed by atoms with Crippen molar-refractivity contribution in [2.45, 2.75) is 32.4 Å². The highest BCUT2D eigenvalue weighted by atomic mass is 35.5. The summed E-state index contributed by atoms with van der Waals surface area (Å²) >= 11 is 5.76. The fraction of sp³-hybridized carbons (Fsp3) is 0.545. The fourth-order valence-electron chi connectivity index (χ4n) is 1.26. The molecule has 1 aromatic rings. The van der Waals surface area contributed by atoms with Gasteiger partial charge in [-0.2, -0.15) is 0 Å². The van der Waals surface area contributed by atoms with Crippen LogP contribution < -0.4 is 4.74 Å². The molecule has 0 N–H and O–H groups in total. The number of pyridine rings is 1. The molecule has 0 unspecified atom stereocenters. The molecule has 1 rings (SSSR count). The van der Waals surface area contributed by atoms with Crippen LogP contribution >= 0.6 is 11.6 Å². The van der Waals surface area contributed by atoms with Crippen molar-refractivity contribution >= 4 is 11.6 Å². The van der Waals surface area contributed by atoms with Crippen LogP contribution in [0.5, 0.6) is 5.75 Å². The predicted molar refractivity (Wildman–Crippen MR) is 60.2 cm³/mol.